The topological polar surface area (TPSA) is 17.1 Å². The van der Waals surface area contributed by atoms with Gasteiger partial charge >= 0.3 is 0 Å². The number of fused-ring (bicyclic) bond motifs is 2. The molecule has 0 aromatic heterocycles. The lowest BCUT2D eigenvalue weighted by molar-refractivity contribution is -0.111. The summed E-state index contributed by atoms with van der Waals surface area (Å²) >= 11 is 0. The normalized spacial score (nSPS) is 37.0. The first-order valence-electron chi connectivity index (χ1n) is 5.21. The van der Waals surface area contributed by atoms with E-state index in [0.717, 1.165) is 17.4 Å². The van der Waals surface area contributed by atoms with Gasteiger partial charge < -0.3 is 4.79 Å². The highest BCUT2D eigenvalue weighted by Crippen LogP contribution is 2.51. The van der Waals surface area contributed by atoms with Gasteiger partial charge in [-0.15, -0.1) is 0 Å². The van der Waals surface area contributed by atoms with Gasteiger partial charge in [0.15, 0.2) is 0 Å². The van der Waals surface area contributed by atoms with Crippen molar-refractivity contribution < 1.29 is 4.79 Å². The monoisotopic (exact) mass is 194 g/mol. The molecule has 3 unspecified atom stereocenters. The largest absolute Gasteiger partial charge is 0.306 e. The molecule has 0 spiro atoms. The molecule has 1 saturated carbocycles. The number of allylic oxidation sites excluding steroid dienone is 2. The second kappa shape index (κ2) is 2.81. The van der Waals surface area contributed by atoms with Crippen LogP contribution in [0, 0.1) is 11.8 Å². The Balaban J connectivity index is 2.19. The van der Waals surface area contributed by atoms with Gasteiger partial charge in [0.2, 0.25) is 0 Å². The summed E-state index contributed by atoms with van der Waals surface area (Å²) < 4.78 is 0. The molecular formula is C11H18OSi. The average Bonchev–Trinajstić information content (AvgIpc) is 2.63. The van der Waals surface area contributed by atoms with Crippen LogP contribution in [0.15, 0.2) is 12.2 Å². The van der Waals surface area contributed by atoms with E-state index in [4.69, 9.17) is 0 Å². The van der Waals surface area contributed by atoms with Gasteiger partial charge in [0.05, 0.1) is 0 Å². The minimum Gasteiger partial charge on any atom is -0.306 e. The Hall–Kier alpha value is -0.373. The highest BCUT2D eigenvalue weighted by Gasteiger charge is 2.47. The zero-order valence-electron chi connectivity index (χ0n) is 8.71. The minimum atomic E-state index is -1.59. The Morgan fingerprint density at radius 2 is 2.00 bits per heavy atom. The molecule has 13 heavy (non-hydrogen) atoms. The van der Waals surface area contributed by atoms with Crippen LogP contribution in [0.4, 0.5) is 0 Å². The van der Waals surface area contributed by atoms with Crippen molar-refractivity contribution in [2.24, 2.45) is 11.8 Å². The molecule has 72 valence electrons. The highest BCUT2D eigenvalue weighted by molar-refractivity contribution is 7.05. The Morgan fingerprint density at radius 1 is 1.31 bits per heavy atom. The third-order valence-corrected chi connectivity index (χ3v) is 8.45. The van der Waals surface area contributed by atoms with Crippen LogP contribution in [-0.4, -0.2) is 13.5 Å². The summed E-state index contributed by atoms with van der Waals surface area (Å²) in [5.74, 6) is 1.55. The average molecular weight is 194 g/mol. The Morgan fingerprint density at radius 3 is 2.38 bits per heavy atom. The number of hydrogen-bond donors (Lipinski definition) is 0. The zero-order chi connectivity index (χ0) is 9.64. The van der Waals surface area contributed by atoms with Crippen LogP contribution in [0.25, 0.3) is 0 Å². The van der Waals surface area contributed by atoms with Crippen LogP contribution >= 0.6 is 0 Å². The molecule has 2 rings (SSSR count). The standard InChI is InChI=1S/C11H18OSi/c1-8(12)13(2,3)11-7-9-4-5-10(11)6-9/h4-5,9-11H,6-7H2,1-3H3. The molecular weight excluding hydrogens is 176 g/mol. The summed E-state index contributed by atoms with van der Waals surface area (Å²) in [5, 5.41) is 0.485. The first-order chi connectivity index (χ1) is 6.01. The van der Waals surface area contributed by atoms with Gasteiger partial charge in [-0.2, -0.15) is 0 Å². The molecule has 0 aliphatic heterocycles. The van der Waals surface area contributed by atoms with Crippen molar-refractivity contribution in [3.63, 3.8) is 0 Å². The Bertz CT molecular complexity index is 267. The number of carbonyl (C=O) groups is 1. The molecule has 1 fully saturated rings. The van der Waals surface area contributed by atoms with E-state index in [2.05, 4.69) is 25.2 Å². The van der Waals surface area contributed by atoms with Crippen molar-refractivity contribution in [3.8, 4) is 0 Å². The lowest BCUT2D eigenvalue weighted by Gasteiger charge is -2.31. The Kier molecular flexibility index (Phi) is 1.99. The van der Waals surface area contributed by atoms with Crippen molar-refractivity contribution in [1.29, 1.82) is 0 Å². The summed E-state index contributed by atoms with van der Waals surface area (Å²) in [6.45, 7) is 6.28. The predicted molar refractivity (Wildman–Crippen MR) is 57.3 cm³/mol. The molecule has 2 bridgehead atoms. The van der Waals surface area contributed by atoms with Gasteiger partial charge in [-0.1, -0.05) is 25.2 Å². The van der Waals surface area contributed by atoms with E-state index in [9.17, 15) is 4.79 Å². The summed E-state index contributed by atoms with van der Waals surface area (Å²) in [7, 11) is -1.59. The fourth-order valence-corrected chi connectivity index (χ4v) is 5.60. The van der Waals surface area contributed by atoms with Crippen molar-refractivity contribution >= 4 is 13.5 Å². The summed E-state index contributed by atoms with van der Waals surface area (Å²) in [6, 6.07) is 0. The molecule has 0 aromatic rings. The molecule has 2 aliphatic carbocycles. The smallest absolute Gasteiger partial charge is 0.130 e. The van der Waals surface area contributed by atoms with E-state index in [1.807, 2.05) is 0 Å². The third kappa shape index (κ3) is 1.31. The van der Waals surface area contributed by atoms with Crippen LogP contribution in [0.1, 0.15) is 19.8 Å². The summed E-state index contributed by atoms with van der Waals surface area (Å²) in [6.07, 6.45) is 7.33. The fraction of sp³-hybridized carbons (Fsp3) is 0.727. The quantitative estimate of drug-likeness (QED) is 0.488. The molecule has 1 nitrogen and oxygen atoms in total. The SMILES string of the molecule is CC(=O)[Si](C)(C)C1CC2C=CC1C2. The highest BCUT2D eigenvalue weighted by atomic mass is 28.3. The molecule has 0 amide bonds. The second-order valence-corrected chi connectivity index (χ2v) is 10.1. The van der Waals surface area contributed by atoms with Gasteiger partial charge in [-0.05, 0) is 37.1 Å². The maximum Gasteiger partial charge on any atom is 0.130 e. The second-order valence-electron chi connectivity index (χ2n) is 5.16. The fourth-order valence-electron chi connectivity index (χ4n) is 2.87. The molecule has 0 N–H and O–H groups in total. The molecule has 0 saturated heterocycles. The number of hydrogen-bond acceptors (Lipinski definition) is 1. The van der Waals surface area contributed by atoms with Crippen LogP contribution in [0.2, 0.25) is 18.6 Å². The molecule has 2 aliphatic rings. The van der Waals surface area contributed by atoms with E-state index in [1.54, 1.807) is 6.92 Å². The van der Waals surface area contributed by atoms with Crippen LogP contribution in [-0.2, 0) is 4.79 Å². The maximum atomic E-state index is 11.6. The van der Waals surface area contributed by atoms with Gasteiger partial charge in [-0.3, -0.25) is 0 Å². The van der Waals surface area contributed by atoms with E-state index in [1.165, 1.54) is 12.8 Å². The summed E-state index contributed by atoms with van der Waals surface area (Å²) in [5.41, 5.74) is 0.736. The molecule has 2 heteroatoms. The third-order valence-electron chi connectivity index (χ3n) is 4.11. The molecule has 3 atom stereocenters. The van der Waals surface area contributed by atoms with Crippen molar-refractivity contribution in [2.45, 2.75) is 38.4 Å². The van der Waals surface area contributed by atoms with Gasteiger partial charge in [-0.25, -0.2) is 0 Å². The first kappa shape index (κ1) is 9.19. The van der Waals surface area contributed by atoms with Crippen molar-refractivity contribution in [1.82, 2.24) is 0 Å². The van der Waals surface area contributed by atoms with Crippen molar-refractivity contribution in [3.05, 3.63) is 12.2 Å². The Labute approximate surface area is 81.2 Å². The molecule has 0 heterocycles. The maximum absolute atomic E-state index is 11.6. The summed E-state index contributed by atoms with van der Waals surface area (Å²) in [4.78, 5) is 11.6. The minimum absolute atomic E-state index is 0.485. The zero-order valence-corrected chi connectivity index (χ0v) is 9.71. The van der Waals surface area contributed by atoms with Gasteiger partial charge in [0, 0.05) is 0 Å². The number of rotatable bonds is 2. The van der Waals surface area contributed by atoms with Crippen molar-refractivity contribution in [2.75, 3.05) is 0 Å². The van der Waals surface area contributed by atoms with Gasteiger partial charge in [0.25, 0.3) is 0 Å². The van der Waals surface area contributed by atoms with Crippen LogP contribution < -0.4 is 0 Å². The molecule has 0 radical (unpaired) electrons. The van der Waals surface area contributed by atoms with Crippen LogP contribution in [0.3, 0.4) is 0 Å². The predicted octanol–water partition coefficient (Wildman–Crippen LogP) is 2.79. The van der Waals surface area contributed by atoms with Gasteiger partial charge in [0.1, 0.15) is 13.5 Å². The number of carbonyl (C=O) groups excluding carboxylic acids is 1. The van der Waals surface area contributed by atoms with E-state index >= 15 is 0 Å². The van der Waals surface area contributed by atoms with E-state index < -0.39 is 8.07 Å². The lowest BCUT2D eigenvalue weighted by Crippen LogP contribution is -2.42. The van der Waals surface area contributed by atoms with E-state index in [0.29, 0.717) is 5.41 Å². The van der Waals surface area contributed by atoms with Crippen LogP contribution in [0.5, 0.6) is 0 Å². The lowest BCUT2D eigenvalue weighted by atomic mass is 10.1. The molecule has 0 aromatic carbocycles. The first-order valence-corrected chi connectivity index (χ1v) is 8.29. The van der Waals surface area contributed by atoms with E-state index in [-0.39, 0.29) is 0 Å².